The second kappa shape index (κ2) is 10.7. The van der Waals surface area contributed by atoms with Gasteiger partial charge in [-0.15, -0.1) is 0 Å². The van der Waals surface area contributed by atoms with Crippen LogP contribution in [-0.2, 0) is 14.6 Å². The number of hydrogen-bond acceptors (Lipinski definition) is 7. The Hall–Kier alpha value is -3.76. The number of H-pyrrole nitrogens is 1. The Balaban J connectivity index is 1.62. The van der Waals surface area contributed by atoms with Gasteiger partial charge in [-0.05, 0) is 24.3 Å². The summed E-state index contributed by atoms with van der Waals surface area (Å²) in [5.41, 5.74) is 1.18. The molecular weight excluding hydrogens is 486 g/mol. The summed E-state index contributed by atoms with van der Waals surface area (Å²) in [4.78, 5) is 20.4. The van der Waals surface area contributed by atoms with Crippen LogP contribution in [0.1, 0.15) is 0 Å². The molecule has 3 aromatic carbocycles. The van der Waals surface area contributed by atoms with Crippen molar-refractivity contribution in [2.45, 2.75) is 14.9 Å². The van der Waals surface area contributed by atoms with Crippen LogP contribution in [-0.4, -0.2) is 44.3 Å². The molecule has 8 nitrogen and oxygen atoms in total. The molecule has 0 bridgehead atoms. The average Bonchev–Trinajstić information content (AvgIpc) is 3.34. The van der Waals surface area contributed by atoms with Gasteiger partial charge in [0.1, 0.15) is 22.3 Å². The number of ether oxygens (including phenoxy) is 2. The fraction of sp³-hybridized carbons (Fsp3) is 0.120. The van der Waals surface area contributed by atoms with Gasteiger partial charge in [-0.1, -0.05) is 60.3 Å². The lowest BCUT2D eigenvalue weighted by Gasteiger charge is -2.11. The van der Waals surface area contributed by atoms with Gasteiger partial charge in [0.05, 0.1) is 30.6 Å². The number of carbonyl (C=O) groups is 1. The number of hydrogen-bond donors (Lipinski definition) is 2. The van der Waals surface area contributed by atoms with E-state index in [9.17, 15) is 13.2 Å². The molecule has 1 aromatic heterocycles. The zero-order valence-corrected chi connectivity index (χ0v) is 20.7. The maximum Gasteiger partial charge on any atom is 0.234 e. The predicted molar refractivity (Wildman–Crippen MR) is 135 cm³/mol. The second-order valence-corrected chi connectivity index (χ2v) is 10.2. The van der Waals surface area contributed by atoms with E-state index in [2.05, 4.69) is 15.3 Å². The summed E-state index contributed by atoms with van der Waals surface area (Å²) in [6, 6.07) is 22.3. The summed E-state index contributed by atoms with van der Waals surface area (Å²) in [6.45, 7) is 0. The molecular formula is C25H23N3O5S2. The zero-order chi connectivity index (χ0) is 24.8. The Labute approximate surface area is 207 Å². The van der Waals surface area contributed by atoms with Crippen LogP contribution in [0.25, 0.3) is 11.4 Å². The number of benzene rings is 3. The van der Waals surface area contributed by atoms with Crippen molar-refractivity contribution < 1.29 is 22.7 Å². The molecule has 0 aliphatic carbocycles. The van der Waals surface area contributed by atoms with Gasteiger partial charge in [0.15, 0.2) is 5.03 Å². The lowest BCUT2D eigenvalue weighted by Crippen LogP contribution is -2.15. The Morgan fingerprint density at radius 3 is 2.31 bits per heavy atom. The van der Waals surface area contributed by atoms with Gasteiger partial charge in [-0.2, -0.15) is 0 Å². The number of imidazole rings is 1. The molecule has 0 aliphatic rings. The van der Waals surface area contributed by atoms with Crippen molar-refractivity contribution in [3.63, 3.8) is 0 Å². The summed E-state index contributed by atoms with van der Waals surface area (Å²) in [6.07, 6.45) is 0. The van der Waals surface area contributed by atoms with E-state index in [4.69, 9.17) is 9.47 Å². The summed E-state index contributed by atoms with van der Waals surface area (Å²) < 4.78 is 37.3. The van der Waals surface area contributed by atoms with E-state index in [0.29, 0.717) is 23.0 Å². The van der Waals surface area contributed by atoms with Gasteiger partial charge in [-0.3, -0.25) is 4.79 Å². The number of carbonyl (C=O) groups excluding carboxylic acids is 1. The molecule has 1 amide bonds. The van der Waals surface area contributed by atoms with E-state index < -0.39 is 9.84 Å². The first-order valence-corrected chi connectivity index (χ1v) is 13.0. The Kier molecular flexibility index (Phi) is 7.42. The SMILES string of the molecule is COc1ccc(OC)c(NC(=O)CSc2nc(-c3ccccc3)[nH]c2S(=O)(=O)c2ccccc2)c1. The van der Waals surface area contributed by atoms with Crippen molar-refractivity contribution in [1.82, 2.24) is 9.97 Å². The minimum absolute atomic E-state index is 0.0562. The predicted octanol–water partition coefficient (Wildman–Crippen LogP) is 4.66. The number of methoxy groups -OCH3 is 2. The number of aromatic nitrogens is 2. The number of nitrogens with one attached hydrogen (secondary N) is 2. The molecule has 0 saturated carbocycles. The lowest BCUT2D eigenvalue weighted by atomic mass is 10.2. The normalized spacial score (nSPS) is 11.1. The van der Waals surface area contributed by atoms with Crippen LogP contribution in [0.3, 0.4) is 0 Å². The van der Waals surface area contributed by atoms with Crippen LogP contribution in [0, 0.1) is 0 Å². The van der Waals surface area contributed by atoms with Gasteiger partial charge < -0.3 is 19.8 Å². The lowest BCUT2D eigenvalue weighted by molar-refractivity contribution is -0.113. The summed E-state index contributed by atoms with van der Waals surface area (Å²) in [7, 11) is -0.861. The number of anilines is 1. The monoisotopic (exact) mass is 509 g/mol. The van der Waals surface area contributed by atoms with Crippen LogP contribution >= 0.6 is 11.8 Å². The van der Waals surface area contributed by atoms with Crippen molar-refractivity contribution in [3.05, 3.63) is 78.9 Å². The minimum Gasteiger partial charge on any atom is -0.497 e. The van der Waals surface area contributed by atoms with Gasteiger partial charge in [0.2, 0.25) is 15.7 Å². The molecule has 0 atom stereocenters. The van der Waals surface area contributed by atoms with E-state index in [1.54, 1.807) is 36.4 Å². The second-order valence-electron chi connectivity index (χ2n) is 7.31. The topological polar surface area (TPSA) is 110 Å². The van der Waals surface area contributed by atoms with Gasteiger partial charge in [-0.25, -0.2) is 13.4 Å². The minimum atomic E-state index is -3.89. The molecule has 10 heteroatoms. The molecule has 0 saturated heterocycles. The third-order valence-electron chi connectivity index (χ3n) is 5.03. The van der Waals surface area contributed by atoms with E-state index in [-0.39, 0.29) is 26.6 Å². The maximum atomic E-state index is 13.4. The van der Waals surface area contributed by atoms with E-state index in [1.807, 2.05) is 30.3 Å². The van der Waals surface area contributed by atoms with Crippen molar-refractivity contribution in [2.24, 2.45) is 0 Å². The third kappa shape index (κ3) is 5.50. The molecule has 4 aromatic rings. The highest BCUT2D eigenvalue weighted by atomic mass is 32.2. The van der Waals surface area contributed by atoms with Crippen molar-refractivity contribution in [2.75, 3.05) is 25.3 Å². The first kappa shape index (κ1) is 24.4. The van der Waals surface area contributed by atoms with Crippen molar-refractivity contribution in [3.8, 4) is 22.9 Å². The highest BCUT2D eigenvalue weighted by molar-refractivity contribution is 8.00. The van der Waals surface area contributed by atoms with Crippen LogP contribution in [0.15, 0.2) is 93.8 Å². The number of thioether (sulfide) groups is 1. The van der Waals surface area contributed by atoms with Crippen molar-refractivity contribution >= 4 is 33.2 Å². The smallest absolute Gasteiger partial charge is 0.234 e. The molecule has 0 aliphatic heterocycles. The summed E-state index contributed by atoms with van der Waals surface area (Å²) in [5.74, 6) is 1.01. The standard InChI is InChI=1S/C25H23N3O5S2/c1-32-18-13-14-21(33-2)20(15-18)26-22(29)16-34-24-25(35(30,31)19-11-7-4-8-12-19)28-23(27-24)17-9-5-3-6-10-17/h3-15H,16H2,1-2H3,(H,26,29)(H,27,28). The summed E-state index contributed by atoms with van der Waals surface area (Å²) in [5, 5.41) is 2.94. The molecule has 2 N–H and O–H groups in total. The molecule has 35 heavy (non-hydrogen) atoms. The molecule has 180 valence electrons. The van der Waals surface area contributed by atoms with E-state index >= 15 is 0 Å². The number of sulfone groups is 1. The van der Waals surface area contributed by atoms with Gasteiger partial charge in [0.25, 0.3) is 0 Å². The molecule has 0 spiro atoms. The van der Waals surface area contributed by atoms with Crippen LogP contribution in [0.2, 0.25) is 0 Å². The largest absolute Gasteiger partial charge is 0.497 e. The Morgan fingerprint density at radius 1 is 0.971 bits per heavy atom. The highest BCUT2D eigenvalue weighted by Gasteiger charge is 2.26. The molecule has 0 fully saturated rings. The third-order valence-corrected chi connectivity index (χ3v) is 7.86. The molecule has 0 radical (unpaired) electrons. The van der Waals surface area contributed by atoms with Crippen LogP contribution in [0.5, 0.6) is 11.5 Å². The van der Waals surface area contributed by atoms with E-state index in [0.717, 1.165) is 17.3 Å². The first-order chi connectivity index (χ1) is 16.9. The Morgan fingerprint density at radius 2 is 1.66 bits per heavy atom. The Bertz CT molecular complexity index is 1420. The maximum absolute atomic E-state index is 13.4. The molecule has 4 rings (SSSR count). The fourth-order valence-electron chi connectivity index (χ4n) is 3.30. The summed E-state index contributed by atoms with van der Waals surface area (Å²) >= 11 is 1.03. The zero-order valence-electron chi connectivity index (χ0n) is 19.0. The number of amides is 1. The van der Waals surface area contributed by atoms with Gasteiger partial charge >= 0.3 is 0 Å². The van der Waals surface area contributed by atoms with Gasteiger partial charge in [0, 0.05) is 11.6 Å². The number of rotatable bonds is 9. The average molecular weight is 510 g/mol. The fourth-order valence-corrected chi connectivity index (χ4v) is 5.74. The quantitative estimate of drug-likeness (QED) is 0.316. The van der Waals surface area contributed by atoms with Crippen LogP contribution < -0.4 is 14.8 Å². The highest BCUT2D eigenvalue weighted by Crippen LogP contribution is 2.33. The number of nitrogens with zero attached hydrogens (tertiary/aromatic N) is 1. The first-order valence-electron chi connectivity index (χ1n) is 10.5. The van der Waals surface area contributed by atoms with E-state index in [1.165, 1.54) is 26.4 Å². The number of aromatic amines is 1. The molecule has 0 unspecified atom stereocenters. The molecule has 1 heterocycles. The van der Waals surface area contributed by atoms with Crippen LogP contribution in [0.4, 0.5) is 5.69 Å². The van der Waals surface area contributed by atoms with Crippen molar-refractivity contribution in [1.29, 1.82) is 0 Å².